The van der Waals surface area contributed by atoms with E-state index in [1.807, 2.05) is 12.1 Å². The number of ether oxygens (including phenoxy) is 1. The Hall–Kier alpha value is -1.41. The monoisotopic (exact) mass is 448 g/mol. The molecular weight excluding hydrogens is 416 g/mol. The number of fused-ring (bicyclic) bond motifs is 1. The lowest BCUT2D eigenvalue weighted by Crippen LogP contribution is -2.41. The highest BCUT2D eigenvalue weighted by Crippen LogP contribution is 2.36. The Morgan fingerprint density at radius 1 is 1.13 bits per heavy atom. The van der Waals surface area contributed by atoms with Gasteiger partial charge in [-0.3, -0.25) is 0 Å². The number of likely N-dealkylation sites (tertiary alicyclic amines) is 1. The molecule has 1 aromatic heterocycles. The van der Waals surface area contributed by atoms with Crippen molar-refractivity contribution < 1.29 is 13.2 Å². The van der Waals surface area contributed by atoms with Gasteiger partial charge in [-0.15, -0.1) is 11.3 Å². The number of hydrogen-bond acceptors (Lipinski definition) is 5. The molecule has 0 radical (unpaired) electrons. The predicted molar refractivity (Wildman–Crippen MR) is 122 cm³/mol. The number of aryl methyl sites for hydroxylation is 1. The van der Waals surface area contributed by atoms with Crippen molar-refractivity contribution in [1.82, 2.24) is 9.21 Å². The van der Waals surface area contributed by atoms with Gasteiger partial charge in [0.05, 0.1) is 4.90 Å². The van der Waals surface area contributed by atoms with Gasteiger partial charge >= 0.3 is 0 Å². The molecule has 2 aromatic rings. The largest absolute Gasteiger partial charge is 0.481 e. The third kappa shape index (κ3) is 4.59. The minimum absolute atomic E-state index is 0.261. The molecule has 0 atom stereocenters. The van der Waals surface area contributed by atoms with Gasteiger partial charge in [0.25, 0.3) is 0 Å². The molecule has 2 aliphatic rings. The smallest absolute Gasteiger partial charge is 0.243 e. The second-order valence-electron chi connectivity index (χ2n) is 8.55. The summed E-state index contributed by atoms with van der Waals surface area (Å²) in [4.78, 5) is 4.14. The van der Waals surface area contributed by atoms with Crippen LogP contribution in [0.1, 0.15) is 49.6 Å². The van der Waals surface area contributed by atoms with Crippen molar-refractivity contribution in [2.75, 3.05) is 19.6 Å². The lowest BCUT2D eigenvalue weighted by molar-refractivity contribution is 0.0867. The van der Waals surface area contributed by atoms with Gasteiger partial charge in [0, 0.05) is 37.1 Å². The summed E-state index contributed by atoms with van der Waals surface area (Å²) < 4.78 is 34.1. The summed E-state index contributed by atoms with van der Waals surface area (Å²) in [6.45, 7) is 9.67. The summed E-state index contributed by atoms with van der Waals surface area (Å²) in [5.41, 5.74) is 2.24. The van der Waals surface area contributed by atoms with Crippen LogP contribution in [0.3, 0.4) is 0 Å². The van der Waals surface area contributed by atoms with Gasteiger partial charge < -0.3 is 9.64 Å². The van der Waals surface area contributed by atoms with Crippen LogP contribution in [0.5, 0.6) is 5.06 Å². The Morgan fingerprint density at radius 2 is 1.83 bits per heavy atom. The molecule has 0 aliphatic carbocycles. The standard InChI is InChI=1S/C23H32N2O3S2/c1-4-18-5-7-21(8-6-18)30(26,27)25-14-11-22-19(16-25)15-23(29-22)28-20-9-12-24(13-10-20)17(2)3/h5-8,15,17,20H,4,9-14,16H2,1-3H3. The van der Waals surface area contributed by atoms with Crippen molar-refractivity contribution in [2.45, 2.75) is 70.0 Å². The van der Waals surface area contributed by atoms with Gasteiger partial charge in [-0.25, -0.2) is 8.42 Å². The quantitative estimate of drug-likeness (QED) is 0.661. The van der Waals surface area contributed by atoms with E-state index in [0.717, 1.165) is 55.0 Å². The second kappa shape index (κ2) is 8.99. The summed E-state index contributed by atoms with van der Waals surface area (Å²) in [5.74, 6) is 0. The van der Waals surface area contributed by atoms with Gasteiger partial charge in [0.1, 0.15) is 6.10 Å². The first-order chi connectivity index (χ1) is 14.4. The van der Waals surface area contributed by atoms with E-state index in [4.69, 9.17) is 4.74 Å². The van der Waals surface area contributed by atoms with Crippen molar-refractivity contribution in [3.63, 3.8) is 0 Å². The number of thiophene rings is 1. The van der Waals surface area contributed by atoms with Crippen LogP contribution in [0.25, 0.3) is 0 Å². The van der Waals surface area contributed by atoms with E-state index in [0.29, 0.717) is 24.0 Å². The Morgan fingerprint density at radius 3 is 2.47 bits per heavy atom. The normalized spacial score (nSPS) is 19.2. The zero-order valence-corrected chi connectivity index (χ0v) is 19.8. The van der Waals surface area contributed by atoms with E-state index in [1.54, 1.807) is 27.8 Å². The van der Waals surface area contributed by atoms with Crippen molar-refractivity contribution in [2.24, 2.45) is 0 Å². The molecule has 0 N–H and O–H groups in total. The van der Waals surface area contributed by atoms with E-state index in [-0.39, 0.29) is 6.10 Å². The average Bonchev–Trinajstić information content (AvgIpc) is 3.15. The third-order valence-corrected chi connectivity index (χ3v) is 9.26. The van der Waals surface area contributed by atoms with E-state index in [2.05, 4.69) is 31.7 Å². The molecule has 30 heavy (non-hydrogen) atoms. The Labute approximate surface area is 184 Å². The number of benzene rings is 1. The van der Waals surface area contributed by atoms with Crippen molar-refractivity contribution in [3.05, 3.63) is 46.3 Å². The van der Waals surface area contributed by atoms with Crippen molar-refractivity contribution in [1.29, 1.82) is 0 Å². The first kappa shape index (κ1) is 21.8. The lowest BCUT2D eigenvalue weighted by Gasteiger charge is -2.34. The zero-order chi connectivity index (χ0) is 21.3. The molecule has 1 saturated heterocycles. The van der Waals surface area contributed by atoms with Crippen LogP contribution in [0.15, 0.2) is 35.2 Å². The summed E-state index contributed by atoms with van der Waals surface area (Å²) in [5, 5.41) is 0.939. The van der Waals surface area contributed by atoms with Crippen LogP contribution in [-0.4, -0.2) is 49.4 Å². The molecule has 0 unspecified atom stereocenters. The topological polar surface area (TPSA) is 49.9 Å². The second-order valence-corrected chi connectivity index (χ2v) is 11.6. The molecule has 0 amide bonds. The predicted octanol–water partition coefficient (Wildman–Crippen LogP) is 4.31. The molecule has 164 valence electrons. The van der Waals surface area contributed by atoms with Crippen LogP contribution in [-0.2, 0) is 29.4 Å². The highest BCUT2D eigenvalue weighted by Gasteiger charge is 2.30. The van der Waals surface area contributed by atoms with Crippen LogP contribution >= 0.6 is 11.3 Å². The van der Waals surface area contributed by atoms with Crippen LogP contribution in [0, 0.1) is 0 Å². The van der Waals surface area contributed by atoms with E-state index < -0.39 is 10.0 Å². The summed E-state index contributed by atoms with van der Waals surface area (Å²) >= 11 is 1.69. The van der Waals surface area contributed by atoms with Crippen molar-refractivity contribution >= 4 is 21.4 Å². The molecule has 5 nitrogen and oxygen atoms in total. The molecule has 7 heteroatoms. The first-order valence-electron chi connectivity index (χ1n) is 11.0. The summed E-state index contributed by atoms with van der Waals surface area (Å²) in [6, 6.07) is 9.93. The molecule has 2 aliphatic heterocycles. The lowest BCUT2D eigenvalue weighted by atomic mass is 10.1. The molecule has 4 rings (SSSR count). The van der Waals surface area contributed by atoms with Gasteiger partial charge in [-0.1, -0.05) is 19.1 Å². The maximum absolute atomic E-state index is 13.1. The van der Waals surface area contributed by atoms with E-state index in [9.17, 15) is 8.42 Å². The molecule has 3 heterocycles. The molecule has 1 fully saturated rings. The minimum Gasteiger partial charge on any atom is -0.481 e. The zero-order valence-electron chi connectivity index (χ0n) is 18.1. The van der Waals surface area contributed by atoms with Crippen LogP contribution in [0.2, 0.25) is 0 Å². The van der Waals surface area contributed by atoms with Gasteiger partial charge in [0.15, 0.2) is 5.06 Å². The molecule has 0 bridgehead atoms. The highest BCUT2D eigenvalue weighted by molar-refractivity contribution is 7.89. The molecule has 0 spiro atoms. The minimum atomic E-state index is -3.47. The average molecular weight is 449 g/mol. The maximum Gasteiger partial charge on any atom is 0.243 e. The maximum atomic E-state index is 13.1. The highest BCUT2D eigenvalue weighted by atomic mass is 32.2. The first-order valence-corrected chi connectivity index (χ1v) is 13.2. The van der Waals surface area contributed by atoms with Crippen LogP contribution in [0.4, 0.5) is 0 Å². The fourth-order valence-corrected chi connectivity index (χ4v) is 6.76. The number of rotatable bonds is 6. The SMILES string of the molecule is CCc1ccc(S(=O)(=O)N2CCc3sc(OC4CCN(C(C)C)CC4)cc3C2)cc1. The van der Waals surface area contributed by atoms with Crippen molar-refractivity contribution in [3.8, 4) is 5.06 Å². The number of sulfonamides is 1. The van der Waals surface area contributed by atoms with Gasteiger partial charge in [0.2, 0.25) is 10.0 Å². The fraction of sp³-hybridized carbons (Fsp3) is 0.565. The fourth-order valence-electron chi connectivity index (χ4n) is 4.26. The number of piperidine rings is 1. The van der Waals surface area contributed by atoms with E-state index in [1.165, 1.54) is 4.88 Å². The third-order valence-electron chi connectivity index (χ3n) is 6.27. The molecular formula is C23H32N2O3S2. The van der Waals surface area contributed by atoms with Gasteiger partial charge in [-0.05, 0) is 68.9 Å². The Balaban J connectivity index is 1.41. The number of nitrogens with zero attached hydrogens (tertiary/aromatic N) is 2. The Kier molecular flexibility index (Phi) is 6.53. The van der Waals surface area contributed by atoms with Gasteiger partial charge in [-0.2, -0.15) is 4.31 Å². The molecule has 1 aromatic carbocycles. The Bertz CT molecular complexity index is 959. The summed E-state index contributed by atoms with van der Waals surface area (Å²) in [6.07, 6.45) is 4.02. The summed E-state index contributed by atoms with van der Waals surface area (Å²) in [7, 11) is -3.47. The molecule has 0 saturated carbocycles. The van der Waals surface area contributed by atoms with Crippen LogP contribution < -0.4 is 4.74 Å². The number of hydrogen-bond donors (Lipinski definition) is 0. The van der Waals surface area contributed by atoms with E-state index >= 15 is 0 Å².